The van der Waals surface area contributed by atoms with Crippen LogP contribution in [-0.4, -0.2) is 53.9 Å². The van der Waals surface area contributed by atoms with Crippen LogP contribution in [-0.2, 0) is 0 Å². The van der Waals surface area contributed by atoms with Crippen LogP contribution in [0.4, 0.5) is 10.6 Å². The molecule has 1 aliphatic rings. The van der Waals surface area contributed by atoms with Crippen molar-refractivity contribution in [3.63, 3.8) is 0 Å². The first-order valence-electron chi connectivity index (χ1n) is 8.39. The zero-order chi connectivity index (χ0) is 18.0. The lowest BCUT2D eigenvalue weighted by Crippen LogP contribution is -2.51. The highest BCUT2D eigenvalue weighted by atomic mass is 16.2. The zero-order valence-electron chi connectivity index (χ0n) is 14.8. The molecule has 1 aromatic heterocycles. The predicted octanol–water partition coefficient (Wildman–Crippen LogP) is 1.31. The fourth-order valence-corrected chi connectivity index (χ4v) is 2.91. The summed E-state index contributed by atoms with van der Waals surface area (Å²) in [6.07, 6.45) is 0. The molecule has 1 aromatic carbocycles. The van der Waals surface area contributed by atoms with Crippen molar-refractivity contribution in [2.45, 2.75) is 13.8 Å². The lowest BCUT2D eigenvalue weighted by atomic mass is 10.1. The highest BCUT2D eigenvalue weighted by molar-refractivity contribution is 5.74. The summed E-state index contributed by atoms with van der Waals surface area (Å²) in [7, 11) is 1.63. The molecule has 1 aliphatic heterocycles. The highest BCUT2D eigenvalue weighted by Gasteiger charge is 2.21. The number of carbonyl (C=O) groups is 1. The number of piperazine rings is 1. The van der Waals surface area contributed by atoms with Crippen molar-refractivity contribution in [2.24, 2.45) is 0 Å². The summed E-state index contributed by atoms with van der Waals surface area (Å²) >= 11 is 0. The van der Waals surface area contributed by atoms with Crippen LogP contribution in [0.1, 0.15) is 11.1 Å². The molecule has 2 aromatic rings. The van der Waals surface area contributed by atoms with Gasteiger partial charge in [-0.15, -0.1) is 5.10 Å². The van der Waals surface area contributed by atoms with Crippen molar-refractivity contribution in [3.8, 4) is 5.69 Å². The molecule has 0 saturated carbocycles. The second-order valence-electron chi connectivity index (χ2n) is 6.24. The van der Waals surface area contributed by atoms with Gasteiger partial charge in [-0.05, 0) is 43.2 Å². The molecule has 2 amide bonds. The Labute approximate surface area is 146 Å². The van der Waals surface area contributed by atoms with E-state index in [9.17, 15) is 9.59 Å². The van der Waals surface area contributed by atoms with Gasteiger partial charge in [0.15, 0.2) is 0 Å². The quantitative estimate of drug-likeness (QED) is 0.894. The third-order valence-electron chi connectivity index (χ3n) is 4.63. The van der Waals surface area contributed by atoms with E-state index < -0.39 is 0 Å². The third kappa shape index (κ3) is 3.50. The second kappa shape index (κ2) is 6.96. The van der Waals surface area contributed by atoms with Crippen molar-refractivity contribution in [2.75, 3.05) is 38.1 Å². The molecule has 2 heterocycles. The fraction of sp³-hybridized carbons (Fsp3) is 0.389. The summed E-state index contributed by atoms with van der Waals surface area (Å²) in [6.45, 7) is 6.69. The van der Waals surface area contributed by atoms with Gasteiger partial charge < -0.3 is 15.1 Å². The van der Waals surface area contributed by atoms with E-state index in [-0.39, 0.29) is 11.6 Å². The van der Waals surface area contributed by atoms with Crippen molar-refractivity contribution in [1.82, 2.24) is 20.0 Å². The maximum Gasteiger partial charge on any atom is 0.317 e. The molecular weight excluding hydrogens is 318 g/mol. The maximum absolute atomic E-state index is 12.3. The Morgan fingerprint density at radius 1 is 1.04 bits per heavy atom. The topological polar surface area (TPSA) is 70.5 Å². The Morgan fingerprint density at radius 3 is 2.40 bits per heavy atom. The zero-order valence-corrected chi connectivity index (χ0v) is 14.8. The average molecular weight is 341 g/mol. The van der Waals surface area contributed by atoms with Gasteiger partial charge >= 0.3 is 6.03 Å². The largest absolute Gasteiger partial charge is 0.352 e. The van der Waals surface area contributed by atoms with Crippen molar-refractivity contribution in [1.29, 1.82) is 0 Å². The van der Waals surface area contributed by atoms with Crippen LogP contribution >= 0.6 is 0 Å². The first-order chi connectivity index (χ1) is 12.0. The normalized spacial score (nSPS) is 14.5. The van der Waals surface area contributed by atoms with Gasteiger partial charge in [0.05, 0.1) is 5.69 Å². The number of hydrogen-bond acceptors (Lipinski definition) is 4. The number of carbonyl (C=O) groups excluding carboxylic acids is 1. The summed E-state index contributed by atoms with van der Waals surface area (Å²) < 4.78 is 1.44. The number of hydrogen-bond donors (Lipinski definition) is 1. The first-order valence-corrected chi connectivity index (χ1v) is 8.39. The molecule has 0 aliphatic carbocycles. The summed E-state index contributed by atoms with van der Waals surface area (Å²) in [5.41, 5.74) is 2.91. The number of aryl methyl sites for hydroxylation is 2. The molecule has 1 saturated heterocycles. The summed E-state index contributed by atoms with van der Waals surface area (Å²) in [4.78, 5) is 27.8. The molecule has 7 nitrogen and oxygen atoms in total. The molecule has 7 heteroatoms. The average Bonchev–Trinajstić information content (AvgIpc) is 2.64. The minimum atomic E-state index is -0.156. The Balaban J connectivity index is 1.84. The minimum absolute atomic E-state index is 0.0623. The van der Waals surface area contributed by atoms with Crippen LogP contribution in [0.3, 0.4) is 0 Å². The summed E-state index contributed by atoms with van der Waals surface area (Å²) in [5.74, 6) is 0.745. The smallest absolute Gasteiger partial charge is 0.317 e. The van der Waals surface area contributed by atoms with Crippen LogP contribution in [0.15, 0.2) is 35.1 Å². The van der Waals surface area contributed by atoms with Gasteiger partial charge in [-0.2, -0.15) is 4.68 Å². The standard InChI is InChI=1S/C18H23N5O2/c1-13-4-5-15(12-14(13)2)23-17(24)7-6-16(20-23)21-8-10-22(11-9-21)18(25)19-3/h4-7,12H,8-11H2,1-3H3,(H,19,25). The van der Waals surface area contributed by atoms with E-state index in [4.69, 9.17) is 0 Å². The van der Waals surface area contributed by atoms with E-state index in [0.29, 0.717) is 26.2 Å². The molecule has 3 rings (SSSR count). The number of nitrogens with zero attached hydrogens (tertiary/aromatic N) is 4. The Morgan fingerprint density at radius 2 is 1.76 bits per heavy atom. The molecule has 0 atom stereocenters. The van der Waals surface area contributed by atoms with Gasteiger partial charge in [0.25, 0.3) is 5.56 Å². The maximum atomic E-state index is 12.3. The summed E-state index contributed by atoms with van der Waals surface area (Å²) in [6, 6.07) is 9.10. The molecule has 1 fully saturated rings. The minimum Gasteiger partial charge on any atom is -0.352 e. The van der Waals surface area contributed by atoms with E-state index in [2.05, 4.69) is 15.3 Å². The summed E-state index contributed by atoms with van der Waals surface area (Å²) in [5, 5.41) is 7.18. The number of benzene rings is 1. The molecule has 1 N–H and O–H groups in total. The van der Waals surface area contributed by atoms with Gasteiger partial charge in [0.1, 0.15) is 5.82 Å². The fourth-order valence-electron chi connectivity index (χ4n) is 2.91. The van der Waals surface area contributed by atoms with E-state index >= 15 is 0 Å². The molecular formula is C18H23N5O2. The Hall–Kier alpha value is -2.83. The molecule has 25 heavy (non-hydrogen) atoms. The second-order valence-corrected chi connectivity index (χ2v) is 6.24. The van der Waals surface area contributed by atoms with Gasteiger partial charge in [-0.3, -0.25) is 4.79 Å². The van der Waals surface area contributed by atoms with Crippen LogP contribution in [0.2, 0.25) is 0 Å². The van der Waals surface area contributed by atoms with E-state index in [1.165, 1.54) is 10.2 Å². The van der Waals surface area contributed by atoms with Crippen LogP contribution in [0.5, 0.6) is 0 Å². The van der Waals surface area contributed by atoms with Gasteiger partial charge in [0.2, 0.25) is 0 Å². The first kappa shape index (κ1) is 17.0. The number of nitrogens with one attached hydrogen (secondary N) is 1. The monoisotopic (exact) mass is 341 g/mol. The SMILES string of the molecule is CNC(=O)N1CCN(c2ccc(=O)n(-c3ccc(C)c(C)c3)n2)CC1. The molecule has 0 bridgehead atoms. The Bertz CT molecular complexity index is 838. The van der Waals surface area contributed by atoms with E-state index in [0.717, 1.165) is 17.1 Å². The van der Waals surface area contributed by atoms with E-state index in [1.54, 1.807) is 24.1 Å². The number of amides is 2. The Kier molecular flexibility index (Phi) is 4.74. The molecule has 0 spiro atoms. The van der Waals surface area contributed by atoms with Crippen molar-refractivity contribution >= 4 is 11.8 Å². The number of anilines is 1. The van der Waals surface area contributed by atoms with E-state index in [1.807, 2.05) is 32.0 Å². The third-order valence-corrected chi connectivity index (χ3v) is 4.63. The van der Waals surface area contributed by atoms with Gasteiger partial charge in [-0.25, -0.2) is 4.79 Å². The van der Waals surface area contributed by atoms with Crippen molar-refractivity contribution < 1.29 is 4.79 Å². The molecule has 0 radical (unpaired) electrons. The van der Waals surface area contributed by atoms with Crippen LogP contribution < -0.4 is 15.8 Å². The lowest BCUT2D eigenvalue weighted by Gasteiger charge is -2.35. The number of aromatic nitrogens is 2. The predicted molar refractivity (Wildman–Crippen MR) is 97.5 cm³/mol. The van der Waals surface area contributed by atoms with Crippen LogP contribution in [0.25, 0.3) is 5.69 Å². The highest BCUT2D eigenvalue weighted by Crippen LogP contribution is 2.15. The van der Waals surface area contributed by atoms with Crippen molar-refractivity contribution in [3.05, 3.63) is 51.8 Å². The lowest BCUT2D eigenvalue weighted by molar-refractivity contribution is 0.196. The number of urea groups is 1. The number of rotatable bonds is 2. The molecule has 0 unspecified atom stereocenters. The van der Waals surface area contributed by atoms with Gasteiger partial charge in [-0.1, -0.05) is 6.07 Å². The molecule has 132 valence electrons. The van der Waals surface area contributed by atoms with Crippen LogP contribution in [0, 0.1) is 13.8 Å². The van der Waals surface area contributed by atoms with Gasteiger partial charge in [0, 0.05) is 39.3 Å².